The van der Waals surface area contributed by atoms with Crippen LogP contribution in [-0.2, 0) is 9.63 Å². The molecule has 56 valence electrons. The van der Waals surface area contributed by atoms with E-state index in [-0.39, 0.29) is 5.70 Å². The van der Waals surface area contributed by atoms with E-state index in [2.05, 4.69) is 17.3 Å². The Kier molecular flexibility index (Phi) is 2.92. The Balaban J connectivity index is 3.80. The molecule has 0 heterocycles. The number of carbonyl (C=O) groups is 2. The summed E-state index contributed by atoms with van der Waals surface area (Å²) < 4.78 is 0. The van der Waals surface area contributed by atoms with E-state index < -0.39 is 12.0 Å². The van der Waals surface area contributed by atoms with Gasteiger partial charge >= 0.3 is 6.09 Å². The summed E-state index contributed by atoms with van der Waals surface area (Å²) in [4.78, 5) is 24.2. The molecule has 0 aromatic heterocycles. The molecule has 0 bridgehead atoms. The molecule has 6 heteroatoms. The van der Waals surface area contributed by atoms with Crippen molar-refractivity contribution in [2.45, 2.75) is 0 Å². The van der Waals surface area contributed by atoms with Gasteiger partial charge in [-0.2, -0.15) is 5.90 Å². The highest BCUT2D eigenvalue weighted by atomic mass is 16.7. The van der Waals surface area contributed by atoms with Gasteiger partial charge in [-0.25, -0.2) is 4.79 Å². The van der Waals surface area contributed by atoms with Crippen LogP contribution in [0.5, 0.6) is 0 Å². The first kappa shape index (κ1) is 8.44. The van der Waals surface area contributed by atoms with E-state index >= 15 is 0 Å². The predicted molar refractivity (Wildman–Crippen MR) is 32.1 cm³/mol. The summed E-state index contributed by atoms with van der Waals surface area (Å²) in [6, 6.07) is 0. The lowest BCUT2D eigenvalue weighted by Crippen LogP contribution is -2.35. The third kappa shape index (κ3) is 2.68. The van der Waals surface area contributed by atoms with Crippen LogP contribution in [-0.4, -0.2) is 12.0 Å². The number of hydrogen-bond acceptors (Lipinski definition) is 5. The Morgan fingerprint density at radius 1 is 1.50 bits per heavy atom. The van der Waals surface area contributed by atoms with E-state index in [4.69, 9.17) is 5.73 Å². The third-order valence-electron chi connectivity index (χ3n) is 0.614. The van der Waals surface area contributed by atoms with Crippen molar-refractivity contribution >= 4 is 12.0 Å². The van der Waals surface area contributed by atoms with Crippen LogP contribution in [0.4, 0.5) is 4.79 Å². The largest absolute Gasteiger partial charge is 0.432 e. The lowest BCUT2D eigenvalue weighted by molar-refractivity contribution is -0.116. The van der Waals surface area contributed by atoms with Gasteiger partial charge < -0.3 is 10.6 Å². The molecule has 5 N–H and O–H groups in total. The van der Waals surface area contributed by atoms with Crippen LogP contribution in [0.2, 0.25) is 0 Å². The highest BCUT2D eigenvalue weighted by Gasteiger charge is 2.07. The minimum Gasteiger partial charge on any atom is -0.395 e. The fourth-order valence-corrected chi connectivity index (χ4v) is 0.202. The summed E-state index contributed by atoms with van der Waals surface area (Å²) >= 11 is 0. The Labute approximate surface area is 56.8 Å². The maximum Gasteiger partial charge on any atom is 0.432 e. The second-order valence-corrected chi connectivity index (χ2v) is 1.38. The van der Waals surface area contributed by atoms with Gasteiger partial charge in [0.05, 0.1) is 5.70 Å². The first-order valence-corrected chi connectivity index (χ1v) is 2.24. The van der Waals surface area contributed by atoms with Crippen molar-refractivity contribution in [1.29, 1.82) is 0 Å². The molecule has 0 radical (unpaired) electrons. The summed E-state index contributed by atoms with van der Waals surface area (Å²) in [6.45, 7) is 3.06. The van der Waals surface area contributed by atoms with Crippen molar-refractivity contribution < 1.29 is 14.4 Å². The second kappa shape index (κ2) is 3.46. The van der Waals surface area contributed by atoms with Crippen molar-refractivity contribution in [1.82, 2.24) is 5.32 Å². The van der Waals surface area contributed by atoms with Crippen molar-refractivity contribution in [3.8, 4) is 0 Å². The van der Waals surface area contributed by atoms with Crippen LogP contribution in [0.15, 0.2) is 12.3 Å². The van der Waals surface area contributed by atoms with Gasteiger partial charge in [0.2, 0.25) is 0 Å². The molecule has 0 rings (SSSR count). The summed E-state index contributed by atoms with van der Waals surface area (Å²) in [6.07, 6.45) is -1.07. The van der Waals surface area contributed by atoms with Gasteiger partial charge in [-0.3, -0.25) is 10.1 Å². The van der Waals surface area contributed by atoms with E-state index in [1.807, 2.05) is 0 Å². The Morgan fingerprint density at radius 2 is 2.00 bits per heavy atom. The molecule has 0 aliphatic rings. The lowest BCUT2D eigenvalue weighted by atomic mass is 10.5. The van der Waals surface area contributed by atoms with E-state index in [1.165, 1.54) is 0 Å². The van der Waals surface area contributed by atoms with Crippen molar-refractivity contribution in [2.24, 2.45) is 11.6 Å². The van der Waals surface area contributed by atoms with Gasteiger partial charge in [0.1, 0.15) is 0 Å². The summed E-state index contributed by atoms with van der Waals surface area (Å²) in [5.41, 5.74) is 4.60. The second-order valence-electron chi connectivity index (χ2n) is 1.38. The number of hydrogen-bond donors (Lipinski definition) is 3. The summed E-state index contributed by atoms with van der Waals surface area (Å²) in [5.74, 6) is 3.56. The fourth-order valence-electron chi connectivity index (χ4n) is 0.202. The highest BCUT2D eigenvalue weighted by Crippen LogP contribution is 1.76. The zero-order valence-electron chi connectivity index (χ0n) is 5.09. The van der Waals surface area contributed by atoms with Crippen LogP contribution in [0.25, 0.3) is 0 Å². The molecular formula is C4H7N3O3. The van der Waals surface area contributed by atoms with E-state index in [1.54, 1.807) is 5.32 Å². The van der Waals surface area contributed by atoms with E-state index in [9.17, 15) is 9.59 Å². The molecule has 0 atom stereocenters. The van der Waals surface area contributed by atoms with Gasteiger partial charge in [0, 0.05) is 0 Å². The average Bonchev–Trinajstić information content (AvgIpc) is 1.87. The standard InChI is InChI=1S/C4H7N3O3/c1-2(5)3(8)7-4(9)10-6/h1,5-6H2,(H,7,8,9). The van der Waals surface area contributed by atoms with E-state index in [0.29, 0.717) is 0 Å². The van der Waals surface area contributed by atoms with Crippen LogP contribution in [0.3, 0.4) is 0 Å². The van der Waals surface area contributed by atoms with Gasteiger partial charge in [0.25, 0.3) is 5.91 Å². The minimum atomic E-state index is -1.07. The van der Waals surface area contributed by atoms with Crippen molar-refractivity contribution in [3.63, 3.8) is 0 Å². The molecule has 0 spiro atoms. The monoisotopic (exact) mass is 145 g/mol. The maximum atomic E-state index is 10.4. The van der Waals surface area contributed by atoms with E-state index in [0.717, 1.165) is 0 Å². The maximum absolute atomic E-state index is 10.4. The fraction of sp³-hybridized carbons (Fsp3) is 0. The smallest absolute Gasteiger partial charge is 0.395 e. The molecule has 0 saturated heterocycles. The lowest BCUT2D eigenvalue weighted by Gasteiger charge is -1.98. The first-order chi connectivity index (χ1) is 4.57. The average molecular weight is 145 g/mol. The molecule has 0 aliphatic heterocycles. The number of carbonyl (C=O) groups excluding carboxylic acids is 2. The molecular weight excluding hydrogens is 138 g/mol. The molecule has 10 heavy (non-hydrogen) atoms. The van der Waals surface area contributed by atoms with Gasteiger partial charge in [-0.05, 0) is 0 Å². The molecule has 2 amide bonds. The molecule has 0 aliphatic carbocycles. The van der Waals surface area contributed by atoms with Gasteiger partial charge in [0.15, 0.2) is 0 Å². The molecule has 0 aromatic rings. The molecule has 6 nitrogen and oxygen atoms in total. The highest BCUT2D eigenvalue weighted by molar-refractivity contribution is 6.01. The normalized spacial score (nSPS) is 8.10. The number of rotatable bonds is 1. The Bertz CT molecular complexity index is 177. The topological polar surface area (TPSA) is 107 Å². The number of amides is 2. The Morgan fingerprint density at radius 3 is 2.30 bits per heavy atom. The SMILES string of the molecule is C=C(N)C(=O)NC(=O)ON. The zero-order chi connectivity index (χ0) is 8.15. The van der Waals surface area contributed by atoms with Gasteiger partial charge in [-0.1, -0.05) is 6.58 Å². The Hall–Kier alpha value is -1.56. The van der Waals surface area contributed by atoms with Crippen LogP contribution in [0.1, 0.15) is 0 Å². The van der Waals surface area contributed by atoms with Crippen LogP contribution < -0.4 is 16.9 Å². The van der Waals surface area contributed by atoms with Gasteiger partial charge in [-0.15, -0.1) is 0 Å². The van der Waals surface area contributed by atoms with Crippen molar-refractivity contribution in [2.75, 3.05) is 0 Å². The molecule has 0 aromatic carbocycles. The first-order valence-electron chi connectivity index (χ1n) is 2.24. The zero-order valence-corrected chi connectivity index (χ0v) is 5.09. The number of imide groups is 1. The molecule has 0 fully saturated rings. The summed E-state index contributed by atoms with van der Waals surface area (Å²) in [7, 11) is 0. The van der Waals surface area contributed by atoms with Crippen molar-refractivity contribution in [3.05, 3.63) is 12.3 Å². The third-order valence-corrected chi connectivity index (χ3v) is 0.614. The van der Waals surface area contributed by atoms with Crippen LogP contribution >= 0.6 is 0 Å². The van der Waals surface area contributed by atoms with Crippen LogP contribution in [0, 0.1) is 0 Å². The number of nitrogens with two attached hydrogens (primary N) is 2. The summed E-state index contributed by atoms with van der Waals surface area (Å²) in [5, 5.41) is 1.68. The predicted octanol–water partition coefficient (Wildman–Crippen LogP) is -1.41. The molecule has 0 saturated carbocycles. The minimum absolute atomic E-state index is 0.287. The quantitative estimate of drug-likeness (QED) is 0.310. The number of nitrogens with one attached hydrogen (secondary N) is 1. The molecule has 0 unspecified atom stereocenters.